The maximum Gasteiger partial charge on any atom is 0.407 e. The van der Waals surface area contributed by atoms with E-state index >= 15 is 0 Å². The van der Waals surface area contributed by atoms with Crippen molar-refractivity contribution in [1.82, 2.24) is 5.32 Å². The fourth-order valence-electron chi connectivity index (χ4n) is 5.11. The van der Waals surface area contributed by atoms with Gasteiger partial charge in [0.1, 0.15) is 12.6 Å². The molecule has 1 fully saturated rings. The molecule has 1 amide bonds. The number of hydrogen-bond acceptors (Lipinski definition) is 3. The van der Waals surface area contributed by atoms with Crippen molar-refractivity contribution in [3.05, 3.63) is 59.7 Å². The molecule has 0 heterocycles. The van der Waals surface area contributed by atoms with Crippen LogP contribution in [0.3, 0.4) is 0 Å². The van der Waals surface area contributed by atoms with Gasteiger partial charge in [-0.1, -0.05) is 93.5 Å². The molecule has 4 rings (SSSR count). The second-order valence-electron chi connectivity index (χ2n) is 8.81. The van der Waals surface area contributed by atoms with Gasteiger partial charge in [0.25, 0.3) is 0 Å². The highest BCUT2D eigenvalue weighted by Gasteiger charge is 2.30. The van der Waals surface area contributed by atoms with Gasteiger partial charge in [0.15, 0.2) is 0 Å². The Hall–Kier alpha value is -2.82. The van der Waals surface area contributed by atoms with Crippen LogP contribution in [0, 0.1) is 5.92 Å². The molecule has 31 heavy (non-hydrogen) atoms. The number of rotatable bonds is 6. The minimum absolute atomic E-state index is 0.0352. The first-order chi connectivity index (χ1) is 15.1. The van der Waals surface area contributed by atoms with E-state index in [-0.39, 0.29) is 12.5 Å². The summed E-state index contributed by atoms with van der Waals surface area (Å²) >= 11 is 0. The van der Waals surface area contributed by atoms with E-state index < -0.39 is 18.1 Å². The number of carboxylic acids is 1. The van der Waals surface area contributed by atoms with Gasteiger partial charge in [-0.25, -0.2) is 9.59 Å². The highest BCUT2D eigenvalue weighted by Crippen LogP contribution is 2.44. The quantitative estimate of drug-likeness (QED) is 0.625. The largest absolute Gasteiger partial charge is 0.480 e. The SMILES string of the molecule is O=C(NC(CC1CCCCCCC1)C(=O)O)OCC1c2ccccc2-c2ccccc21. The Morgan fingerprint density at radius 1 is 0.903 bits per heavy atom. The number of amides is 1. The van der Waals surface area contributed by atoms with Crippen LogP contribution in [0.2, 0.25) is 0 Å². The number of carbonyl (C=O) groups excluding carboxylic acids is 1. The molecule has 1 unspecified atom stereocenters. The highest BCUT2D eigenvalue weighted by molar-refractivity contribution is 5.81. The van der Waals surface area contributed by atoms with Crippen LogP contribution in [0.15, 0.2) is 48.5 Å². The fraction of sp³-hybridized carbons (Fsp3) is 0.462. The van der Waals surface area contributed by atoms with Crippen LogP contribution in [0.5, 0.6) is 0 Å². The Bertz CT molecular complexity index is 872. The van der Waals surface area contributed by atoms with Crippen molar-refractivity contribution in [2.45, 2.75) is 63.3 Å². The molecule has 0 aliphatic heterocycles. The van der Waals surface area contributed by atoms with Gasteiger partial charge >= 0.3 is 12.1 Å². The third-order valence-electron chi connectivity index (χ3n) is 6.73. The smallest absolute Gasteiger partial charge is 0.407 e. The van der Waals surface area contributed by atoms with Crippen molar-refractivity contribution in [3.8, 4) is 11.1 Å². The van der Waals surface area contributed by atoms with Gasteiger partial charge in [0.2, 0.25) is 0 Å². The maximum atomic E-state index is 12.5. The van der Waals surface area contributed by atoms with Crippen LogP contribution in [0.25, 0.3) is 11.1 Å². The van der Waals surface area contributed by atoms with Crippen molar-refractivity contribution >= 4 is 12.1 Å². The molecule has 2 N–H and O–H groups in total. The first kappa shape index (κ1) is 21.4. The van der Waals surface area contributed by atoms with Gasteiger partial charge in [-0.15, -0.1) is 0 Å². The molecular weight excluding hydrogens is 390 g/mol. The van der Waals surface area contributed by atoms with Gasteiger partial charge in [-0.05, 0) is 34.6 Å². The van der Waals surface area contributed by atoms with Gasteiger partial charge in [0.05, 0.1) is 0 Å². The van der Waals surface area contributed by atoms with Crippen molar-refractivity contribution in [2.24, 2.45) is 5.92 Å². The summed E-state index contributed by atoms with van der Waals surface area (Å²) in [5.74, 6) is -0.683. The van der Waals surface area contributed by atoms with Crippen LogP contribution in [-0.4, -0.2) is 29.8 Å². The number of fused-ring (bicyclic) bond motifs is 3. The van der Waals surface area contributed by atoms with E-state index in [2.05, 4.69) is 29.6 Å². The lowest BCUT2D eigenvalue weighted by molar-refractivity contribution is -0.139. The van der Waals surface area contributed by atoms with Crippen molar-refractivity contribution < 1.29 is 19.4 Å². The molecule has 1 atom stereocenters. The molecule has 0 radical (unpaired) electrons. The number of nitrogens with one attached hydrogen (secondary N) is 1. The molecule has 2 aliphatic carbocycles. The van der Waals surface area contributed by atoms with Crippen LogP contribution in [0.4, 0.5) is 4.79 Å². The molecule has 0 bridgehead atoms. The summed E-state index contributed by atoms with van der Waals surface area (Å²) in [6.07, 6.45) is 7.88. The van der Waals surface area contributed by atoms with E-state index in [0.717, 1.165) is 36.8 Å². The summed E-state index contributed by atoms with van der Waals surface area (Å²) in [6, 6.07) is 15.4. The summed E-state index contributed by atoms with van der Waals surface area (Å²) in [5, 5.41) is 12.3. The van der Waals surface area contributed by atoms with Crippen LogP contribution < -0.4 is 5.32 Å². The van der Waals surface area contributed by atoms with Crippen LogP contribution >= 0.6 is 0 Å². The number of alkyl carbamates (subject to hydrolysis) is 1. The van der Waals surface area contributed by atoms with Gasteiger partial charge < -0.3 is 15.2 Å². The summed E-state index contributed by atoms with van der Waals surface area (Å²) in [6.45, 7) is 0.190. The second-order valence-corrected chi connectivity index (χ2v) is 8.81. The second kappa shape index (κ2) is 9.99. The summed E-state index contributed by atoms with van der Waals surface area (Å²) in [4.78, 5) is 24.3. The minimum atomic E-state index is -0.990. The Balaban J connectivity index is 1.37. The molecule has 164 valence electrons. The Labute approximate surface area is 183 Å². The number of benzene rings is 2. The van der Waals surface area contributed by atoms with E-state index in [1.807, 2.05) is 24.3 Å². The number of ether oxygens (including phenoxy) is 1. The molecule has 2 aromatic carbocycles. The summed E-state index contributed by atoms with van der Waals surface area (Å²) < 4.78 is 5.54. The zero-order valence-corrected chi connectivity index (χ0v) is 17.9. The molecule has 2 aliphatic rings. The monoisotopic (exact) mass is 421 g/mol. The van der Waals surface area contributed by atoms with Crippen molar-refractivity contribution in [3.63, 3.8) is 0 Å². The Morgan fingerprint density at radius 2 is 1.45 bits per heavy atom. The van der Waals surface area contributed by atoms with E-state index in [4.69, 9.17) is 4.74 Å². The lowest BCUT2D eigenvalue weighted by Gasteiger charge is -2.23. The highest BCUT2D eigenvalue weighted by atomic mass is 16.5. The van der Waals surface area contributed by atoms with Crippen LogP contribution in [0.1, 0.15) is 68.4 Å². The Kier molecular flexibility index (Phi) is 6.90. The molecule has 0 saturated heterocycles. The predicted octanol–water partition coefficient (Wildman–Crippen LogP) is 5.73. The average molecular weight is 422 g/mol. The fourth-order valence-corrected chi connectivity index (χ4v) is 5.11. The zero-order chi connectivity index (χ0) is 21.6. The molecular formula is C26H31NO4. The molecule has 2 aromatic rings. The van der Waals surface area contributed by atoms with Crippen molar-refractivity contribution in [1.29, 1.82) is 0 Å². The first-order valence-corrected chi connectivity index (χ1v) is 11.5. The van der Waals surface area contributed by atoms with Gasteiger partial charge in [0, 0.05) is 5.92 Å². The minimum Gasteiger partial charge on any atom is -0.480 e. The van der Waals surface area contributed by atoms with E-state index in [1.54, 1.807) is 0 Å². The topological polar surface area (TPSA) is 75.6 Å². The lowest BCUT2D eigenvalue weighted by atomic mass is 9.86. The molecule has 5 heteroatoms. The zero-order valence-electron chi connectivity index (χ0n) is 17.9. The molecule has 0 spiro atoms. The average Bonchev–Trinajstić information content (AvgIpc) is 3.07. The maximum absolute atomic E-state index is 12.5. The molecule has 0 aromatic heterocycles. The number of carbonyl (C=O) groups is 2. The molecule has 5 nitrogen and oxygen atoms in total. The van der Waals surface area contributed by atoms with Crippen LogP contribution in [-0.2, 0) is 9.53 Å². The van der Waals surface area contributed by atoms with Crippen molar-refractivity contribution in [2.75, 3.05) is 6.61 Å². The number of carboxylic acid groups (broad SMARTS) is 1. The predicted molar refractivity (Wildman–Crippen MR) is 120 cm³/mol. The van der Waals surface area contributed by atoms with E-state index in [9.17, 15) is 14.7 Å². The normalized spacial score (nSPS) is 17.7. The molecule has 1 saturated carbocycles. The number of aliphatic carboxylic acids is 1. The first-order valence-electron chi connectivity index (χ1n) is 11.5. The summed E-state index contributed by atoms with van der Waals surface area (Å²) in [5.41, 5.74) is 4.61. The van der Waals surface area contributed by atoms with E-state index in [0.29, 0.717) is 12.3 Å². The standard InChI is InChI=1S/C26H31NO4/c28-25(29)24(16-18-10-4-2-1-3-5-11-18)27-26(30)31-17-23-21-14-8-6-12-19(21)20-13-7-9-15-22(20)23/h6-9,12-15,18,23-24H,1-5,10-11,16-17H2,(H,27,30)(H,28,29). The number of hydrogen-bond donors (Lipinski definition) is 2. The summed E-state index contributed by atoms with van der Waals surface area (Å²) in [7, 11) is 0. The van der Waals surface area contributed by atoms with E-state index in [1.165, 1.54) is 30.4 Å². The van der Waals surface area contributed by atoms with Gasteiger partial charge in [-0.2, -0.15) is 0 Å². The third kappa shape index (κ3) is 5.09. The Morgan fingerprint density at radius 3 is 2.03 bits per heavy atom. The lowest BCUT2D eigenvalue weighted by Crippen LogP contribution is -2.42. The third-order valence-corrected chi connectivity index (χ3v) is 6.73. The van der Waals surface area contributed by atoms with Gasteiger partial charge in [-0.3, -0.25) is 0 Å².